The Morgan fingerprint density at radius 3 is 3.05 bits per heavy atom. The molecule has 1 aromatic carbocycles. The van der Waals surface area contributed by atoms with Crippen LogP contribution in [0.4, 0.5) is 0 Å². The third kappa shape index (κ3) is 2.81. The molecule has 0 spiro atoms. The topological polar surface area (TPSA) is 48.3 Å². The van der Waals surface area contributed by atoms with Crippen molar-refractivity contribution < 1.29 is 9.47 Å². The molecule has 0 fully saturated rings. The maximum atomic E-state index is 5.82. The Bertz CT molecular complexity index is 651. The predicted molar refractivity (Wildman–Crippen MR) is 85.2 cm³/mol. The summed E-state index contributed by atoms with van der Waals surface area (Å²) in [6.45, 7) is 3.54. The van der Waals surface area contributed by atoms with Gasteiger partial charge in [-0.3, -0.25) is 0 Å². The monoisotopic (exact) mass is 301 g/mol. The molecular weight excluding hydrogens is 278 g/mol. The molecule has 5 nitrogen and oxygen atoms in total. The molecule has 1 N–H and O–H groups in total. The van der Waals surface area contributed by atoms with Crippen molar-refractivity contribution in [2.24, 2.45) is 7.05 Å². The van der Waals surface area contributed by atoms with E-state index in [1.165, 1.54) is 5.56 Å². The van der Waals surface area contributed by atoms with E-state index in [4.69, 9.17) is 9.47 Å². The summed E-state index contributed by atoms with van der Waals surface area (Å²) in [7, 11) is 3.60. The van der Waals surface area contributed by atoms with E-state index in [-0.39, 0.29) is 0 Å². The highest BCUT2D eigenvalue weighted by atomic mass is 16.5. The minimum atomic E-state index is 0.294. The first-order valence-corrected chi connectivity index (χ1v) is 7.72. The van der Waals surface area contributed by atoms with Gasteiger partial charge in [-0.2, -0.15) is 5.10 Å². The number of ether oxygens (including phenoxy) is 2. The molecular formula is C17H23N3O2. The number of benzene rings is 1. The normalized spacial score (nSPS) is 17.5. The number of nitrogens with zero attached hydrogens (tertiary/aromatic N) is 2. The van der Waals surface area contributed by atoms with Crippen molar-refractivity contribution in [2.75, 3.05) is 13.7 Å². The lowest BCUT2D eigenvalue weighted by atomic mass is 10.0. The number of rotatable bonds is 4. The van der Waals surface area contributed by atoms with Crippen LogP contribution >= 0.6 is 0 Å². The second-order valence-electron chi connectivity index (χ2n) is 5.66. The first-order chi connectivity index (χ1) is 10.7. The van der Waals surface area contributed by atoms with Gasteiger partial charge in [0.2, 0.25) is 5.88 Å². The summed E-state index contributed by atoms with van der Waals surface area (Å²) in [5.74, 6) is 1.82. The van der Waals surface area contributed by atoms with Crippen molar-refractivity contribution in [2.45, 2.75) is 32.4 Å². The van der Waals surface area contributed by atoms with Gasteiger partial charge in [-0.15, -0.1) is 0 Å². The zero-order valence-corrected chi connectivity index (χ0v) is 13.4. The maximum Gasteiger partial charge on any atom is 0.216 e. The molecule has 22 heavy (non-hydrogen) atoms. The van der Waals surface area contributed by atoms with Crippen molar-refractivity contribution in [1.29, 1.82) is 0 Å². The molecule has 0 unspecified atom stereocenters. The molecule has 3 rings (SSSR count). The van der Waals surface area contributed by atoms with Crippen molar-refractivity contribution in [1.82, 2.24) is 15.1 Å². The summed E-state index contributed by atoms with van der Waals surface area (Å²) < 4.78 is 13.1. The quantitative estimate of drug-likeness (QED) is 0.943. The van der Waals surface area contributed by atoms with Gasteiger partial charge >= 0.3 is 0 Å². The van der Waals surface area contributed by atoms with Crippen LogP contribution in [0.2, 0.25) is 0 Å². The predicted octanol–water partition coefficient (Wildman–Crippen LogP) is 2.74. The summed E-state index contributed by atoms with van der Waals surface area (Å²) >= 11 is 0. The molecule has 0 saturated carbocycles. The van der Waals surface area contributed by atoms with Gasteiger partial charge in [0, 0.05) is 25.2 Å². The van der Waals surface area contributed by atoms with Gasteiger partial charge in [0.1, 0.15) is 5.75 Å². The zero-order valence-electron chi connectivity index (χ0n) is 13.4. The lowest BCUT2D eigenvalue weighted by Gasteiger charge is -2.18. The Morgan fingerprint density at radius 2 is 2.23 bits per heavy atom. The Kier molecular flexibility index (Phi) is 4.34. The highest BCUT2D eigenvalue weighted by molar-refractivity contribution is 5.37. The summed E-state index contributed by atoms with van der Waals surface area (Å²) in [6.07, 6.45) is 2.12. The van der Waals surface area contributed by atoms with Gasteiger partial charge in [-0.25, -0.2) is 4.68 Å². The molecule has 1 aromatic heterocycles. The van der Waals surface area contributed by atoms with E-state index in [9.17, 15) is 0 Å². The van der Waals surface area contributed by atoms with Crippen molar-refractivity contribution in [3.8, 4) is 11.6 Å². The molecule has 0 amide bonds. The van der Waals surface area contributed by atoms with E-state index in [1.807, 2.05) is 26.1 Å². The van der Waals surface area contributed by atoms with E-state index in [2.05, 4.69) is 22.5 Å². The lowest BCUT2D eigenvalue weighted by molar-refractivity contribution is 0.315. The number of aryl methyl sites for hydroxylation is 2. The molecule has 1 atom stereocenters. The number of hydrogen-bond donors (Lipinski definition) is 1. The molecule has 0 bridgehead atoms. The van der Waals surface area contributed by atoms with Gasteiger partial charge in [-0.05, 0) is 25.8 Å². The largest absolute Gasteiger partial charge is 0.493 e. The fraction of sp³-hybridized carbons (Fsp3) is 0.471. The molecule has 0 saturated heterocycles. The van der Waals surface area contributed by atoms with Crippen LogP contribution in [0.3, 0.4) is 0 Å². The second-order valence-corrected chi connectivity index (χ2v) is 5.66. The number of hydrogen-bond acceptors (Lipinski definition) is 4. The number of para-hydroxylation sites is 1. The summed E-state index contributed by atoms with van der Waals surface area (Å²) in [4.78, 5) is 0. The fourth-order valence-electron chi connectivity index (χ4n) is 3.10. The van der Waals surface area contributed by atoms with Crippen LogP contribution in [0.25, 0.3) is 0 Å². The van der Waals surface area contributed by atoms with E-state index < -0.39 is 0 Å². The highest BCUT2D eigenvalue weighted by Gasteiger charge is 2.21. The molecule has 0 aliphatic carbocycles. The van der Waals surface area contributed by atoms with Gasteiger partial charge < -0.3 is 14.8 Å². The Hall–Kier alpha value is -2.01. The minimum Gasteiger partial charge on any atom is -0.493 e. The van der Waals surface area contributed by atoms with Gasteiger partial charge in [0.15, 0.2) is 0 Å². The third-order valence-electron chi connectivity index (χ3n) is 4.20. The van der Waals surface area contributed by atoms with Crippen molar-refractivity contribution in [3.63, 3.8) is 0 Å². The Labute approximate surface area is 131 Å². The van der Waals surface area contributed by atoms with Crippen molar-refractivity contribution in [3.05, 3.63) is 41.1 Å². The standard InChI is InChI=1S/C17H23N3O2/c1-12-14(17(21-3)20(2)19-12)11-18-15-8-6-10-22-16-9-5-4-7-13(15)16/h4-5,7,9,15,18H,6,8,10-11H2,1-3H3/t15-/m0/s1. The summed E-state index contributed by atoms with van der Waals surface area (Å²) in [5.41, 5.74) is 3.36. The minimum absolute atomic E-state index is 0.294. The molecule has 2 aromatic rings. The Balaban J connectivity index is 1.79. The fourth-order valence-corrected chi connectivity index (χ4v) is 3.10. The van der Waals surface area contributed by atoms with Crippen LogP contribution in [-0.2, 0) is 13.6 Å². The first kappa shape index (κ1) is 14.9. The maximum absolute atomic E-state index is 5.82. The molecule has 118 valence electrons. The molecule has 2 heterocycles. The number of methoxy groups -OCH3 is 1. The van der Waals surface area contributed by atoms with Gasteiger partial charge in [-0.1, -0.05) is 18.2 Å². The molecule has 5 heteroatoms. The summed E-state index contributed by atoms with van der Waals surface area (Å²) in [6, 6.07) is 8.58. The molecule has 1 aliphatic rings. The number of fused-ring (bicyclic) bond motifs is 1. The number of aromatic nitrogens is 2. The van der Waals surface area contributed by atoms with Crippen LogP contribution in [0.15, 0.2) is 24.3 Å². The van der Waals surface area contributed by atoms with Crippen LogP contribution in [-0.4, -0.2) is 23.5 Å². The van der Waals surface area contributed by atoms with E-state index >= 15 is 0 Å². The van der Waals surface area contributed by atoms with Crippen LogP contribution in [0.1, 0.15) is 35.7 Å². The molecule has 0 radical (unpaired) electrons. The average Bonchev–Trinajstić information content (AvgIpc) is 2.69. The van der Waals surface area contributed by atoms with Crippen LogP contribution in [0.5, 0.6) is 11.6 Å². The third-order valence-corrected chi connectivity index (χ3v) is 4.20. The van der Waals surface area contributed by atoms with E-state index in [0.717, 1.165) is 48.9 Å². The number of nitrogens with one attached hydrogen (secondary N) is 1. The van der Waals surface area contributed by atoms with E-state index in [1.54, 1.807) is 11.8 Å². The van der Waals surface area contributed by atoms with Crippen LogP contribution in [0, 0.1) is 6.92 Å². The zero-order chi connectivity index (χ0) is 15.5. The lowest BCUT2D eigenvalue weighted by Crippen LogP contribution is -2.21. The van der Waals surface area contributed by atoms with Gasteiger partial charge in [0.25, 0.3) is 0 Å². The van der Waals surface area contributed by atoms with Crippen molar-refractivity contribution >= 4 is 0 Å². The Morgan fingerprint density at radius 1 is 1.41 bits per heavy atom. The highest BCUT2D eigenvalue weighted by Crippen LogP contribution is 2.32. The second kappa shape index (κ2) is 6.40. The molecule has 1 aliphatic heterocycles. The van der Waals surface area contributed by atoms with Gasteiger partial charge in [0.05, 0.1) is 25.0 Å². The SMILES string of the molecule is COc1c(CN[C@H]2CCCOc3ccccc32)c(C)nn1C. The summed E-state index contributed by atoms with van der Waals surface area (Å²) in [5, 5.41) is 8.09. The van der Waals surface area contributed by atoms with Crippen LogP contribution < -0.4 is 14.8 Å². The first-order valence-electron chi connectivity index (χ1n) is 7.72. The van der Waals surface area contributed by atoms with E-state index in [0.29, 0.717) is 6.04 Å². The smallest absolute Gasteiger partial charge is 0.216 e. The average molecular weight is 301 g/mol.